The molecule has 1 aliphatic rings. The molecule has 0 bridgehead atoms. The summed E-state index contributed by atoms with van der Waals surface area (Å²) in [7, 11) is 1.66. The van der Waals surface area contributed by atoms with E-state index >= 15 is 0 Å². The minimum atomic E-state index is -0.681. The predicted octanol–water partition coefficient (Wildman–Crippen LogP) is 0.665. The molecule has 5 nitrogen and oxygen atoms in total. The Morgan fingerprint density at radius 3 is 2.59 bits per heavy atom. The number of likely N-dealkylation sites (tertiary alicyclic amines) is 1. The van der Waals surface area contributed by atoms with E-state index in [-0.39, 0.29) is 18.6 Å². The number of hydrogen-bond acceptors (Lipinski definition) is 5. The van der Waals surface area contributed by atoms with Gasteiger partial charge in [0.25, 0.3) is 0 Å². The summed E-state index contributed by atoms with van der Waals surface area (Å²) < 4.78 is 5.26. The minimum absolute atomic E-state index is 0.104. The van der Waals surface area contributed by atoms with Crippen molar-refractivity contribution in [2.75, 3.05) is 40.0 Å². The summed E-state index contributed by atoms with van der Waals surface area (Å²) in [6.07, 6.45) is 1.93. The molecule has 0 saturated carbocycles. The molecular formula is C17H27NO4. The molecule has 1 atom stereocenters. The second kappa shape index (κ2) is 7.92. The third kappa shape index (κ3) is 4.43. The topological polar surface area (TPSA) is 73.2 Å². The molecule has 3 N–H and O–H groups in total. The standard InChI is InChI=1S/C17H27NO4/c1-22-16-4-2-3-14(9-16)10-17(13-20)5-7-18(8-6-17)11-15(21)12-19/h2-4,9,15,19-21H,5-8,10-13H2,1H3. The fourth-order valence-corrected chi connectivity index (χ4v) is 3.17. The number of hydrogen-bond donors (Lipinski definition) is 3. The second-order valence-corrected chi connectivity index (χ2v) is 6.32. The van der Waals surface area contributed by atoms with Crippen molar-refractivity contribution in [2.45, 2.75) is 25.4 Å². The van der Waals surface area contributed by atoms with Crippen molar-refractivity contribution in [3.63, 3.8) is 0 Å². The second-order valence-electron chi connectivity index (χ2n) is 6.32. The first-order chi connectivity index (χ1) is 10.6. The van der Waals surface area contributed by atoms with Gasteiger partial charge in [-0.25, -0.2) is 0 Å². The van der Waals surface area contributed by atoms with E-state index in [1.54, 1.807) is 7.11 Å². The van der Waals surface area contributed by atoms with Gasteiger partial charge in [0, 0.05) is 13.2 Å². The number of ether oxygens (including phenoxy) is 1. The van der Waals surface area contributed by atoms with E-state index in [4.69, 9.17) is 9.84 Å². The first-order valence-electron chi connectivity index (χ1n) is 7.86. The molecule has 0 spiro atoms. The first kappa shape index (κ1) is 17.2. The summed E-state index contributed by atoms with van der Waals surface area (Å²) in [6, 6.07) is 8.00. The van der Waals surface area contributed by atoms with E-state index < -0.39 is 6.10 Å². The highest BCUT2D eigenvalue weighted by Gasteiger charge is 2.34. The van der Waals surface area contributed by atoms with Crippen molar-refractivity contribution in [3.8, 4) is 5.75 Å². The van der Waals surface area contributed by atoms with Gasteiger partial charge >= 0.3 is 0 Å². The normalized spacial score (nSPS) is 19.8. The molecule has 1 aromatic carbocycles. The molecule has 1 fully saturated rings. The maximum Gasteiger partial charge on any atom is 0.119 e. The number of benzene rings is 1. The molecule has 0 aliphatic carbocycles. The third-order valence-electron chi connectivity index (χ3n) is 4.65. The van der Waals surface area contributed by atoms with E-state index in [1.165, 1.54) is 5.56 Å². The van der Waals surface area contributed by atoms with Crippen LogP contribution in [0.2, 0.25) is 0 Å². The van der Waals surface area contributed by atoms with Crippen LogP contribution >= 0.6 is 0 Å². The average molecular weight is 309 g/mol. The van der Waals surface area contributed by atoms with Crippen LogP contribution < -0.4 is 4.74 Å². The SMILES string of the molecule is COc1cccc(CC2(CO)CCN(CC(O)CO)CC2)c1. The van der Waals surface area contributed by atoms with Crippen LogP contribution in [-0.4, -0.2) is 66.3 Å². The molecule has 1 aromatic rings. The molecule has 22 heavy (non-hydrogen) atoms. The largest absolute Gasteiger partial charge is 0.497 e. The first-order valence-corrected chi connectivity index (χ1v) is 7.86. The molecule has 124 valence electrons. The average Bonchev–Trinajstić information content (AvgIpc) is 2.57. The Bertz CT molecular complexity index is 458. The van der Waals surface area contributed by atoms with Gasteiger partial charge in [0.05, 0.1) is 19.8 Å². The zero-order valence-electron chi connectivity index (χ0n) is 13.2. The van der Waals surface area contributed by atoms with Crippen LogP contribution in [0.1, 0.15) is 18.4 Å². The number of piperidine rings is 1. The van der Waals surface area contributed by atoms with Gasteiger partial charge in [0.15, 0.2) is 0 Å². The quantitative estimate of drug-likeness (QED) is 0.690. The Labute approximate surface area is 132 Å². The molecule has 1 unspecified atom stereocenters. The number of aliphatic hydroxyl groups excluding tert-OH is 3. The van der Waals surface area contributed by atoms with E-state index in [0.717, 1.165) is 38.1 Å². The monoisotopic (exact) mass is 309 g/mol. The van der Waals surface area contributed by atoms with Crippen molar-refractivity contribution in [1.82, 2.24) is 4.90 Å². The Kier molecular flexibility index (Phi) is 6.20. The van der Waals surface area contributed by atoms with Gasteiger partial charge in [0.2, 0.25) is 0 Å². The van der Waals surface area contributed by atoms with E-state index in [0.29, 0.717) is 6.54 Å². The van der Waals surface area contributed by atoms with Crippen LogP contribution in [0.3, 0.4) is 0 Å². The smallest absolute Gasteiger partial charge is 0.119 e. The summed E-state index contributed by atoms with van der Waals surface area (Å²) in [4.78, 5) is 2.15. The summed E-state index contributed by atoms with van der Waals surface area (Å²) in [5.74, 6) is 0.842. The molecule has 0 radical (unpaired) electrons. The summed E-state index contributed by atoms with van der Waals surface area (Å²) in [6.45, 7) is 2.13. The lowest BCUT2D eigenvalue weighted by atomic mass is 9.74. The highest BCUT2D eigenvalue weighted by molar-refractivity contribution is 5.29. The highest BCUT2D eigenvalue weighted by atomic mass is 16.5. The fourth-order valence-electron chi connectivity index (χ4n) is 3.17. The zero-order chi connectivity index (χ0) is 16.0. The lowest BCUT2D eigenvalue weighted by Gasteiger charge is -2.41. The summed E-state index contributed by atoms with van der Waals surface area (Å²) >= 11 is 0. The van der Waals surface area contributed by atoms with Crippen LogP contribution in [0.15, 0.2) is 24.3 Å². The van der Waals surface area contributed by atoms with E-state index in [9.17, 15) is 10.2 Å². The number of aliphatic hydroxyl groups is 3. The van der Waals surface area contributed by atoms with Crippen molar-refractivity contribution in [1.29, 1.82) is 0 Å². The van der Waals surface area contributed by atoms with Crippen molar-refractivity contribution >= 4 is 0 Å². The van der Waals surface area contributed by atoms with Gasteiger partial charge < -0.3 is 25.0 Å². The van der Waals surface area contributed by atoms with Gasteiger partial charge in [-0.15, -0.1) is 0 Å². The van der Waals surface area contributed by atoms with Crippen molar-refractivity contribution in [2.24, 2.45) is 5.41 Å². The molecule has 5 heteroatoms. The van der Waals surface area contributed by atoms with E-state index in [1.807, 2.05) is 18.2 Å². The molecular weight excluding hydrogens is 282 g/mol. The Hall–Kier alpha value is -1.14. The van der Waals surface area contributed by atoms with Gasteiger partial charge in [0.1, 0.15) is 5.75 Å². The van der Waals surface area contributed by atoms with Crippen molar-refractivity contribution in [3.05, 3.63) is 29.8 Å². The molecule has 1 saturated heterocycles. The van der Waals surface area contributed by atoms with Gasteiger partial charge in [-0.1, -0.05) is 12.1 Å². The Balaban J connectivity index is 1.96. The Morgan fingerprint density at radius 2 is 2.00 bits per heavy atom. The fraction of sp³-hybridized carbons (Fsp3) is 0.647. The molecule has 1 heterocycles. The van der Waals surface area contributed by atoms with Crippen LogP contribution in [0, 0.1) is 5.41 Å². The number of nitrogens with zero attached hydrogens (tertiary/aromatic N) is 1. The minimum Gasteiger partial charge on any atom is -0.497 e. The summed E-state index contributed by atoms with van der Waals surface area (Å²) in [5.41, 5.74) is 1.07. The Morgan fingerprint density at radius 1 is 1.27 bits per heavy atom. The lowest BCUT2D eigenvalue weighted by Crippen LogP contribution is -2.46. The molecule has 0 aromatic heterocycles. The van der Waals surface area contributed by atoms with Crippen molar-refractivity contribution < 1.29 is 20.1 Å². The molecule has 2 rings (SSSR count). The number of rotatable bonds is 7. The van der Waals surface area contributed by atoms with E-state index in [2.05, 4.69) is 11.0 Å². The molecule has 0 amide bonds. The summed E-state index contributed by atoms with van der Waals surface area (Å²) in [5, 5.41) is 28.4. The number of β-amino-alcohol motifs (C(OH)–C–C–N with tert-alkyl or cyclic N) is 1. The zero-order valence-corrected chi connectivity index (χ0v) is 13.2. The van der Waals surface area contributed by atoms with Crippen LogP contribution in [0.4, 0.5) is 0 Å². The van der Waals surface area contributed by atoms with Crippen LogP contribution in [-0.2, 0) is 6.42 Å². The highest BCUT2D eigenvalue weighted by Crippen LogP contribution is 2.35. The maximum absolute atomic E-state index is 9.90. The van der Waals surface area contributed by atoms with Gasteiger partial charge in [-0.05, 0) is 55.5 Å². The predicted molar refractivity (Wildman–Crippen MR) is 85.0 cm³/mol. The molecule has 1 aliphatic heterocycles. The van der Waals surface area contributed by atoms with Crippen LogP contribution in [0.25, 0.3) is 0 Å². The van der Waals surface area contributed by atoms with Crippen LogP contribution in [0.5, 0.6) is 5.75 Å². The lowest BCUT2D eigenvalue weighted by molar-refractivity contribution is 0.0108. The van der Waals surface area contributed by atoms with Gasteiger partial charge in [-0.3, -0.25) is 0 Å². The maximum atomic E-state index is 9.90. The van der Waals surface area contributed by atoms with Gasteiger partial charge in [-0.2, -0.15) is 0 Å². The third-order valence-corrected chi connectivity index (χ3v) is 4.65. The number of methoxy groups -OCH3 is 1.